The molecule has 5 nitrogen and oxygen atoms in total. The Morgan fingerprint density at radius 3 is 2.50 bits per heavy atom. The Hall–Kier alpha value is -2.79. The van der Waals surface area contributed by atoms with Crippen molar-refractivity contribution in [1.29, 1.82) is 0 Å². The zero-order valence-corrected chi connectivity index (χ0v) is 15.4. The molecule has 0 saturated heterocycles. The molecule has 0 aliphatic heterocycles. The van der Waals surface area contributed by atoms with E-state index in [0.717, 1.165) is 17.1 Å². The Morgan fingerprint density at radius 2 is 1.88 bits per heavy atom. The summed E-state index contributed by atoms with van der Waals surface area (Å²) in [5.74, 6) is 1.37. The van der Waals surface area contributed by atoms with Crippen LogP contribution >= 0.6 is 11.6 Å². The smallest absolute Gasteiger partial charge is 0.261 e. The van der Waals surface area contributed by atoms with Crippen LogP contribution in [0.2, 0.25) is 5.02 Å². The molecule has 0 unspecified atom stereocenters. The summed E-state index contributed by atoms with van der Waals surface area (Å²) < 4.78 is 7.62. The molecule has 1 N–H and O–H groups in total. The van der Waals surface area contributed by atoms with Gasteiger partial charge in [-0.2, -0.15) is 0 Å². The van der Waals surface area contributed by atoms with Crippen molar-refractivity contribution in [1.82, 2.24) is 14.9 Å². The summed E-state index contributed by atoms with van der Waals surface area (Å²) in [4.78, 5) is 16.4. The lowest BCUT2D eigenvalue weighted by atomic mass is 10.2. The van der Waals surface area contributed by atoms with Crippen molar-refractivity contribution in [2.45, 2.75) is 26.5 Å². The molecule has 0 spiro atoms. The standard InChI is InChI=1S/C20H20ClN3O2/c1-14(26-19-9-5-17(21)6-10-19)20(25)23-13-16-3-7-18(8-4-16)24-12-11-22-15(24)2/h3-12,14H,13H2,1-2H3,(H,23,25)/t14-/m1/s1. The van der Waals surface area contributed by atoms with Gasteiger partial charge in [-0.05, 0) is 55.8 Å². The summed E-state index contributed by atoms with van der Waals surface area (Å²) in [5, 5.41) is 3.52. The van der Waals surface area contributed by atoms with E-state index in [2.05, 4.69) is 10.3 Å². The number of hydrogen-bond acceptors (Lipinski definition) is 3. The van der Waals surface area contributed by atoms with Gasteiger partial charge >= 0.3 is 0 Å². The average Bonchev–Trinajstić information content (AvgIpc) is 3.08. The fraction of sp³-hybridized carbons (Fsp3) is 0.200. The lowest BCUT2D eigenvalue weighted by molar-refractivity contribution is -0.127. The van der Waals surface area contributed by atoms with E-state index in [4.69, 9.17) is 16.3 Å². The van der Waals surface area contributed by atoms with Crippen molar-refractivity contribution in [2.24, 2.45) is 0 Å². The number of amides is 1. The third-order valence-corrected chi connectivity index (χ3v) is 4.25. The van der Waals surface area contributed by atoms with Crippen molar-refractivity contribution >= 4 is 17.5 Å². The van der Waals surface area contributed by atoms with Gasteiger partial charge in [-0.3, -0.25) is 4.79 Å². The van der Waals surface area contributed by atoms with Crippen molar-refractivity contribution in [3.8, 4) is 11.4 Å². The van der Waals surface area contributed by atoms with Gasteiger partial charge in [0.25, 0.3) is 5.91 Å². The molecule has 1 atom stereocenters. The first-order valence-electron chi connectivity index (χ1n) is 8.32. The molecule has 3 rings (SSSR count). The number of nitrogens with zero attached hydrogens (tertiary/aromatic N) is 2. The van der Waals surface area contributed by atoms with E-state index >= 15 is 0 Å². The highest BCUT2D eigenvalue weighted by Crippen LogP contribution is 2.17. The number of aromatic nitrogens is 2. The molecule has 26 heavy (non-hydrogen) atoms. The van der Waals surface area contributed by atoms with Crippen LogP contribution in [0.1, 0.15) is 18.3 Å². The van der Waals surface area contributed by atoms with Gasteiger partial charge in [-0.25, -0.2) is 4.98 Å². The van der Waals surface area contributed by atoms with Gasteiger partial charge in [0.1, 0.15) is 11.6 Å². The van der Waals surface area contributed by atoms with E-state index in [-0.39, 0.29) is 5.91 Å². The number of ether oxygens (including phenoxy) is 1. The van der Waals surface area contributed by atoms with E-state index in [1.807, 2.05) is 42.0 Å². The summed E-state index contributed by atoms with van der Waals surface area (Å²) in [6.45, 7) is 4.11. The topological polar surface area (TPSA) is 56.2 Å². The highest BCUT2D eigenvalue weighted by molar-refractivity contribution is 6.30. The zero-order valence-electron chi connectivity index (χ0n) is 14.6. The van der Waals surface area contributed by atoms with Crippen molar-refractivity contribution in [3.05, 3.63) is 77.3 Å². The molecule has 0 aliphatic rings. The fourth-order valence-corrected chi connectivity index (χ4v) is 2.65. The van der Waals surface area contributed by atoms with E-state index in [1.54, 1.807) is 37.4 Å². The molecule has 2 aromatic carbocycles. The van der Waals surface area contributed by atoms with Crippen molar-refractivity contribution in [3.63, 3.8) is 0 Å². The first-order valence-corrected chi connectivity index (χ1v) is 8.70. The second-order valence-electron chi connectivity index (χ2n) is 5.94. The number of halogens is 1. The number of imidazole rings is 1. The van der Waals surface area contributed by atoms with Crippen LogP contribution in [0.4, 0.5) is 0 Å². The number of carbonyl (C=O) groups is 1. The minimum atomic E-state index is -0.593. The lowest BCUT2D eigenvalue weighted by Gasteiger charge is -2.15. The molecule has 1 heterocycles. The average molecular weight is 370 g/mol. The molecule has 1 amide bonds. The first kappa shape index (κ1) is 18.0. The zero-order chi connectivity index (χ0) is 18.5. The maximum absolute atomic E-state index is 12.2. The van der Waals surface area contributed by atoms with Crippen molar-refractivity contribution < 1.29 is 9.53 Å². The Labute approximate surface area is 157 Å². The fourth-order valence-electron chi connectivity index (χ4n) is 2.53. The van der Waals surface area contributed by atoms with Crippen LogP contribution in [0, 0.1) is 6.92 Å². The molecule has 0 fully saturated rings. The van der Waals surface area contributed by atoms with E-state index in [0.29, 0.717) is 17.3 Å². The monoisotopic (exact) mass is 369 g/mol. The Bertz CT molecular complexity index is 873. The minimum Gasteiger partial charge on any atom is -0.481 e. The van der Waals surface area contributed by atoms with Gasteiger partial charge in [0.05, 0.1) is 0 Å². The maximum Gasteiger partial charge on any atom is 0.261 e. The number of nitrogens with one attached hydrogen (secondary N) is 1. The number of hydrogen-bond donors (Lipinski definition) is 1. The first-order chi connectivity index (χ1) is 12.5. The summed E-state index contributed by atoms with van der Waals surface area (Å²) in [5.41, 5.74) is 2.05. The van der Waals surface area contributed by atoms with Crippen molar-refractivity contribution in [2.75, 3.05) is 0 Å². The predicted molar refractivity (Wildman–Crippen MR) is 102 cm³/mol. The van der Waals surface area contributed by atoms with Crippen LogP contribution in [-0.2, 0) is 11.3 Å². The van der Waals surface area contributed by atoms with E-state index in [9.17, 15) is 4.79 Å². The second-order valence-corrected chi connectivity index (χ2v) is 6.38. The molecule has 6 heteroatoms. The number of benzene rings is 2. The number of aryl methyl sites for hydroxylation is 1. The van der Waals surface area contributed by atoms with Gasteiger partial charge in [0.15, 0.2) is 6.10 Å². The lowest BCUT2D eigenvalue weighted by Crippen LogP contribution is -2.35. The summed E-state index contributed by atoms with van der Waals surface area (Å²) >= 11 is 5.84. The van der Waals surface area contributed by atoms with Crippen LogP contribution in [-0.4, -0.2) is 21.6 Å². The van der Waals surface area contributed by atoms with Crippen LogP contribution in [0.15, 0.2) is 60.9 Å². The van der Waals surface area contributed by atoms with Crippen LogP contribution in [0.3, 0.4) is 0 Å². The Morgan fingerprint density at radius 1 is 1.19 bits per heavy atom. The largest absolute Gasteiger partial charge is 0.481 e. The maximum atomic E-state index is 12.2. The van der Waals surface area contributed by atoms with E-state index < -0.39 is 6.10 Å². The molecule has 0 radical (unpaired) electrons. The molecule has 0 aliphatic carbocycles. The van der Waals surface area contributed by atoms with Gasteiger partial charge in [-0.15, -0.1) is 0 Å². The second kappa shape index (κ2) is 8.06. The molecular weight excluding hydrogens is 350 g/mol. The molecule has 1 aromatic heterocycles. The van der Waals surface area contributed by atoms with E-state index in [1.165, 1.54) is 0 Å². The molecule has 0 bridgehead atoms. The molecule has 0 saturated carbocycles. The van der Waals surface area contributed by atoms with Gasteiger partial charge in [0.2, 0.25) is 0 Å². The quantitative estimate of drug-likeness (QED) is 0.716. The minimum absolute atomic E-state index is 0.172. The number of rotatable bonds is 6. The highest BCUT2D eigenvalue weighted by Gasteiger charge is 2.14. The van der Waals surface area contributed by atoms with Gasteiger partial charge in [0, 0.05) is 29.6 Å². The third-order valence-electron chi connectivity index (χ3n) is 4.00. The van der Waals surface area contributed by atoms with Crippen LogP contribution in [0.5, 0.6) is 5.75 Å². The number of carbonyl (C=O) groups excluding carboxylic acids is 1. The third kappa shape index (κ3) is 4.43. The SMILES string of the molecule is Cc1nccn1-c1ccc(CNC(=O)[C@@H](C)Oc2ccc(Cl)cc2)cc1. The predicted octanol–water partition coefficient (Wildman–Crippen LogP) is 3.92. The van der Waals surface area contributed by atoms with Gasteiger partial charge in [-0.1, -0.05) is 23.7 Å². The van der Waals surface area contributed by atoms with Gasteiger partial charge < -0.3 is 14.6 Å². The van der Waals surface area contributed by atoms with Crippen LogP contribution < -0.4 is 10.1 Å². The molecule has 3 aromatic rings. The Balaban J connectivity index is 1.54. The molecular formula is C20H20ClN3O2. The molecule has 134 valence electrons. The summed E-state index contributed by atoms with van der Waals surface area (Å²) in [6.07, 6.45) is 3.09. The summed E-state index contributed by atoms with van der Waals surface area (Å²) in [6, 6.07) is 14.9. The normalized spacial score (nSPS) is 11.8. The highest BCUT2D eigenvalue weighted by atomic mass is 35.5. The Kier molecular flexibility index (Phi) is 5.58. The van der Waals surface area contributed by atoms with Crippen LogP contribution in [0.25, 0.3) is 5.69 Å². The summed E-state index contributed by atoms with van der Waals surface area (Å²) in [7, 11) is 0.